The number of nitrogens with zero attached hydrogens (tertiary/aromatic N) is 2. The number of hydrogen-bond donors (Lipinski definition) is 1. The van der Waals surface area contributed by atoms with Gasteiger partial charge in [-0.25, -0.2) is 4.98 Å². The summed E-state index contributed by atoms with van der Waals surface area (Å²) in [7, 11) is 0. The zero-order chi connectivity index (χ0) is 15.4. The van der Waals surface area contributed by atoms with Gasteiger partial charge in [0.15, 0.2) is 5.13 Å². The molecule has 1 saturated carbocycles. The van der Waals surface area contributed by atoms with Gasteiger partial charge in [0.1, 0.15) is 0 Å². The molecule has 1 fully saturated rings. The Kier molecular flexibility index (Phi) is 6.06. The minimum Gasteiger partial charge on any atom is -0.345 e. The van der Waals surface area contributed by atoms with Gasteiger partial charge in [0.2, 0.25) is 0 Å². The van der Waals surface area contributed by atoms with E-state index in [1.54, 1.807) is 0 Å². The van der Waals surface area contributed by atoms with E-state index in [0.29, 0.717) is 12.0 Å². The van der Waals surface area contributed by atoms with Crippen molar-refractivity contribution in [2.75, 3.05) is 11.4 Å². The average molecular weight is 310 g/mol. The average Bonchev–Trinajstić information content (AvgIpc) is 3.16. The maximum Gasteiger partial charge on any atom is 0.186 e. The lowest BCUT2D eigenvalue weighted by molar-refractivity contribution is 0.589. The summed E-state index contributed by atoms with van der Waals surface area (Å²) in [6, 6.07) is 1.28. The highest BCUT2D eigenvalue weighted by Gasteiger charge is 2.31. The van der Waals surface area contributed by atoms with Crippen LogP contribution in [0.2, 0.25) is 0 Å². The van der Waals surface area contributed by atoms with E-state index < -0.39 is 0 Å². The molecule has 4 heteroatoms. The maximum absolute atomic E-state index is 5.00. The van der Waals surface area contributed by atoms with Gasteiger partial charge < -0.3 is 10.2 Å². The standard InChI is InChI=1S/C17H31N3S/c1-6-7-15-16(10-18-13(4)5)21-17(19-15)20(11-12(2)3)14-8-9-14/h12-14,18H,6-11H2,1-5H3. The SMILES string of the molecule is CCCc1nc(N(CC(C)C)C2CC2)sc1CNC(C)C. The highest BCUT2D eigenvalue weighted by atomic mass is 32.1. The van der Waals surface area contributed by atoms with Gasteiger partial charge in [0.05, 0.1) is 5.69 Å². The van der Waals surface area contributed by atoms with Crippen LogP contribution < -0.4 is 10.2 Å². The molecule has 2 rings (SSSR count). The summed E-state index contributed by atoms with van der Waals surface area (Å²) in [6.07, 6.45) is 4.96. The van der Waals surface area contributed by atoms with Crippen LogP contribution in [0.1, 0.15) is 64.5 Å². The fraction of sp³-hybridized carbons (Fsp3) is 0.824. The van der Waals surface area contributed by atoms with E-state index in [1.807, 2.05) is 11.3 Å². The molecule has 0 aliphatic heterocycles. The quantitative estimate of drug-likeness (QED) is 0.740. The number of thiazole rings is 1. The molecular formula is C17H31N3S. The van der Waals surface area contributed by atoms with Gasteiger partial charge in [-0.1, -0.05) is 41.0 Å². The molecule has 0 atom stereocenters. The van der Waals surface area contributed by atoms with Gasteiger partial charge in [-0.15, -0.1) is 11.3 Å². The molecule has 0 spiro atoms. The molecule has 3 nitrogen and oxygen atoms in total. The maximum atomic E-state index is 5.00. The summed E-state index contributed by atoms with van der Waals surface area (Å²) in [5.74, 6) is 0.696. The normalized spacial score (nSPS) is 15.2. The van der Waals surface area contributed by atoms with E-state index in [-0.39, 0.29) is 0 Å². The van der Waals surface area contributed by atoms with Crippen LogP contribution in [-0.4, -0.2) is 23.6 Å². The Morgan fingerprint density at radius 1 is 1.29 bits per heavy atom. The van der Waals surface area contributed by atoms with Crippen LogP contribution in [0.4, 0.5) is 5.13 Å². The number of aryl methyl sites for hydroxylation is 1. The third-order valence-electron chi connectivity index (χ3n) is 3.72. The van der Waals surface area contributed by atoms with Crippen molar-refractivity contribution in [3.05, 3.63) is 10.6 Å². The van der Waals surface area contributed by atoms with E-state index >= 15 is 0 Å². The first kappa shape index (κ1) is 16.8. The summed E-state index contributed by atoms with van der Waals surface area (Å²) in [4.78, 5) is 9.00. The van der Waals surface area contributed by atoms with Crippen molar-refractivity contribution in [2.45, 2.75) is 78.9 Å². The molecule has 0 bridgehead atoms. The molecule has 0 radical (unpaired) electrons. The second kappa shape index (κ2) is 7.59. The largest absolute Gasteiger partial charge is 0.345 e. The molecule has 1 aliphatic rings. The van der Waals surface area contributed by atoms with E-state index in [0.717, 1.165) is 25.6 Å². The Balaban J connectivity index is 2.15. The third kappa shape index (κ3) is 4.96. The second-order valence-electron chi connectivity index (χ2n) is 6.93. The summed E-state index contributed by atoms with van der Waals surface area (Å²) >= 11 is 1.91. The molecule has 0 aromatic carbocycles. The molecule has 21 heavy (non-hydrogen) atoms. The number of nitrogens with one attached hydrogen (secondary N) is 1. The van der Waals surface area contributed by atoms with Crippen molar-refractivity contribution in [1.29, 1.82) is 0 Å². The number of anilines is 1. The minimum absolute atomic E-state index is 0.528. The predicted octanol–water partition coefficient (Wildman–Crippen LogP) is 4.22. The van der Waals surface area contributed by atoms with Crippen LogP contribution in [0.25, 0.3) is 0 Å². The van der Waals surface area contributed by atoms with E-state index in [4.69, 9.17) is 4.98 Å². The van der Waals surface area contributed by atoms with Gasteiger partial charge >= 0.3 is 0 Å². The molecule has 1 aliphatic carbocycles. The fourth-order valence-electron chi connectivity index (χ4n) is 2.52. The van der Waals surface area contributed by atoms with Gasteiger partial charge in [0.25, 0.3) is 0 Å². The Morgan fingerprint density at radius 3 is 2.52 bits per heavy atom. The number of aromatic nitrogens is 1. The molecule has 1 heterocycles. The van der Waals surface area contributed by atoms with Crippen molar-refractivity contribution in [3.63, 3.8) is 0 Å². The van der Waals surface area contributed by atoms with Gasteiger partial charge in [-0.3, -0.25) is 0 Å². The Hall–Kier alpha value is -0.610. The van der Waals surface area contributed by atoms with Crippen LogP contribution in [0.15, 0.2) is 0 Å². The van der Waals surface area contributed by atoms with Crippen molar-refractivity contribution in [1.82, 2.24) is 10.3 Å². The summed E-state index contributed by atoms with van der Waals surface area (Å²) < 4.78 is 0. The van der Waals surface area contributed by atoms with Gasteiger partial charge in [-0.05, 0) is 25.2 Å². The monoisotopic (exact) mass is 309 g/mol. The first-order chi connectivity index (χ1) is 10.0. The van der Waals surface area contributed by atoms with E-state index in [9.17, 15) is 0 Å². The third-order valence-corrected chi connectivity index (χ3v) is 4.85. The highest BCUT2D eigenvalue weighted by Crippen LogP contribution is 2.36. The first-order valence-electron chi connectivity index (χ1n) is 8.49. The van der Waals surface area contributed by atoms with Crippen LogP contribution in [0, 0.1) is 5.92 Å². The molecule has 1 N–H and O–H groups in total. The topological polar surface area (TPSA) is 28.2 Å². The fourth-order valence-corrected chi connectivity index (χ4v) is 3.66. The molecule has 0 saturated heterocycles. The zero-order valence-corrected chi connectivity index (χ0v) is 15.1. The second-order valence-corrected chi connectivity index (χ2v) is 7.99. The molecule has 1 aromatic heterocycles. The highest BCUT2D eigenvalue weighted by molar-refractivity contribution is 7.15. The first-order valence-corrected chi connectivity index (χ1v) is 9.31. The molecular weight excluding hydrogens is 278 g/mol. The Morgan fingerprint density at radius 2 is 2.00 bits per heavy atom. The molecule has 0 amide bonds. The van der Waals surface area contributed by atoms with Gasteiger partial charge in [-0.2, -0.15) is 0 Å². The van der Waals surface area contributed by atoms with Crippen molar-refractivity contribution < 1.29 is 0 Å². The lowest BCUT2D eigenvalue weighted by Crippen LogP contribution is -2.29. The molecule has 120 valence electrons. The smallest absolute Gasteiger partial charge is 0.186 e. The van der Waals surface area contributed by atoms with Crippen molar-refractivity contribution >= 4 is 16.5 Å². The lowest BCUT2D eigenvalue weighted by atomic mass is 10.2. The van der Waals surface area contributed by atoms with E-state index in [2.05, 4.69) is 44.8 Å². The zero-order valence-electron chi connectivity index (χ0n) is 14.3. The molecule has 0 unspecified atom stereocenters. The summed E-state index contributed by atoms with van der Waals surface area (Å²) in [5, 5.41) is 4.81. The number of hydrogen-bond acceptors (Lipinski definition) is 4. The predicted molar refractivity (Wildman–Crippen MR) is 93.3 cm³/mol. The summed E-state index contributed by atoms with van der Waals surface area (Å²) in [5.41, 5.74) is 1.32. The molecule has 1 aromatic rings. The van der Waals surface area contributed by atoms with Crippen LogP contribution in [0.3, 0.4) is 0 Å². The Bertz CT molecular complexity index is 435. The van der Waals surface area contributed by atoms with Crippen LogP contribution >= 0.6 is 11.3 Å². The van der Waals surface area contributed by atoms with E-state index in [1.165, 1.54) is 35.0 Å². The van der Waals surface area contributed by atoms with Crippen LogP contribution in [-0.2, 0) is 13.0 Å². The Labute approximate surface area is 134 Å². The number of rotatable bonds is 9. The van der Waals surface area contributed by atoms with Crippen molar-refractivity contribution in [3.8, 4) is 0 Å². The van der Waals surface area contributed by atoms with Crippen molar-refractivity contribution in [2.24, 2.45) is 5.92 Å². The lowest BCUT2D eigenvalue weighted by Gasteiger charge is -2.23. The summed E-state index contributed by atoms with van der Waals surface area (Å²) in [6.45, 7) is 13.4. The van der Waals surface area contributed by atoms with Gasteiger partial charge in [0, 0.05) is 30.1 Å². The minimum atomic E-state index is 0.528. The van der Waals surface area contributed by atoms with Crippen LogP contribution in [0.5, 0.6) is 0 Å².